The van der Waals surface area contributed by atoms with Gasteiger partial charge in [-0.25, -0.2) is 4.68 Å². The SMILES string of the molecule is CC(C)Cn1nnnc1CC1CCCN1. The summed E-state index contributed by atoms with van der Waals surface area (Å²) in [4.78, 5) is 0. The molecule has 0 saturated carbocycles. The van der Waals surface area contributed by atoms with Crippen LogP contribution in [0.25, 0.3) is 0 Å². The Morgan fingerprint density at radius 1 is 1.53 bits per heavy atom. The molecule has 0 amide bonds. The zero-order valence-corrected chi connectivity index (χ0v) is 9.48. The van der Waals surface area contributed by atoms with E-state index in [9.17, 15) is 0 Å². The van der Waals surface area contributed by atoms with Gasteiger partial charge in [0.25, 0.3) is 0 Å². The van der Waals surface area contributed by atoms with Crippen LogP contribution in [0.15, 0.2) is 0 Å². The van der Waals surface area contributed by atoms with Gasteiger partial charge in [0.05, 0.1) is 0 Å². The number of hydrogen-bond acceptors (Lipinski definition) is 4. The Hall–Kier alpha value is -0.970. The average molecular weight is 209 g/mol. The van der Waals surface area contributed by atoms with Gasteiger partial charge in [-0.2, -0.15) is 0 Å². The lowest BCUT2D eigenvalue weighted by molar-refractivity contribution is 0.447. The third kappa shape index (κ3) is 2.75. The van der Waals surface area contributed by atoms with Crippen LogP contribution in [0.5, 0.6) is 0 Å². The van der Waals surface area contributed by atoms with Crippen LogP contribution in [0, 0.1) is 5.92 Å². The first-order chi connectivity index (χ1) is 7.25. The van der Waals surface area contributed by atoms with Crippen LogP contribution in [0.1, 0.15) is 32.5 Å². The van der Waals surface area contributed by atoms with E-state index in [1.807, 2.05) is 4.68 Å². The number of hydrogen-bond donors (Lipinski definition) is 1. The molecule has 1 saturated heterocycles. The molecule has 84 valence electrons. The second kappa shape index (κ2) is 4.70. The maximum Gasteiger partial charge on any atom is 0.152 e. The van der Waals surface area contributed by atoms with E-state index in [1.165, 1.54) is 12.8 Å². The Kier molecular flexibility index (Phi) is 3.30. The van der Waals surface area contributed by atoms with Crippen molar-refractivity contribution in [2.24, 2.45) is 5.92 Å². The number of tetrazole rings is 1. The van der Waals surface area contributed by atoms with Crippen LogP contribution in [0.4, 0.5) is 0 Å². The molecular formula is C10H19N5. The molecule has 1 aromatic rings. The first-order valence-electron chi connectivity index (χ1n) is 5.74. The van der Waals surface area contributed by atoms with Gasteiger partial charge in [0.2, 0.25) is 0 Å². The summed E-state index contributed by atoms with van der Waals surface area (Å²) >= 11 is 0. The largest absolute Gasteiger partial charge is 0.314 e. The maximum atomic E-state index is 4.09. The van der Waals surface area contributed by atoms with E-state index in [0.717, 1.165) is 25.3 Å². The van der Waals surface area contributed by atoms with Gasteiger partial charge in [-0.1, -0.05) is 13.8 Å². The summed E-state index contributed by atoms with van der Waals surface area (Å²) in [5, 5.41) is 15.3. The standard InChI is InChI=1S/C10H19N5/c1-8(2)7-15-10(12-13-14-15)6-9-4-3-5-11-9/h8-9,11H,3-7H2,1-2H3. The third-order valence-electron chi connectivity index (χ3n) is 2.74. The van der Waals surface area contributed by atoms with Crippen molar-refractivity contribution in [1.82, 2.24) is 25.5 Å². The fourth-order valence-electron chi connectivity index (χ4n) is 2.01. The summed E-state index contributed by atoms with van der Waals surface area (Å²) in [5.74, 6) is 1.60. The molecule has 0 spiro atoms. The molecule has 1 aromatic heterocycles. The van der Waals surface area contributed by atoms with Crippen molar-refractivity contribution in [1.29, 1.82) is 0 Å². The molecule has 2 heterocycles. The minimum atomic E-state index is 0.571. The molecule has 0 bridgehead atoms. The van der Waals surface area contributed by atoms with Gasteiger partial charge in [0, 0.05) is 19.0 Å². The highest BCUT2D eigenvalue weighted by Crippen LogP contribution is 2.10. The molecule has 1 aliphatic rings. The number of nitrogens with zero attached hydrogens (tertiary/aromatic N) is 4. The Labute approximate surface area is 90.2 Å². The van der Waals surface area contributed by atoms with Gasteiger partial charge in [-0.3, -0.25) is 0 Å². The van der Waals surface area contributed by atoms with E-state index >= 15 is 0 Å². The van der Waals surface area contributed by atoms with Crippen molar-refractivity contribution in [3.8, 4) is 0 Å². The lowest BCUT2D eigenvalue weighted by Gasteiger charge is -2.10. The molecular weight excluding hydrogens is 190 g/mol. The Balaban J connectivity index is 1.97. The van der Waals surface area contributed by atoms with Crippen LogP contribution < -0.4 is 5.32 Å². The van der Waals surface area contributed by atoms with Gasteiger partial charge in [0.15, 0.2) is 5.82 Å². The van der Waals surface area contributed by atoms with Crippen LogP contribution in [0.2, 0.25) is 0 Å². The maximum absolute atomic E-state index is 4.09. The van der Waals surface area contributed by atoms with Gasteiger partial charge < -0.3 is 5.32 Å². The molecule has 5 nitrogen and oxygen atoms in total. The molecule has 2 rings (SSSR count). The van der Waals surface area contributed by atoms with E-state index in [-0.39, 0.29) is 0 Å². The molecule has 0 aromatic carbocycles. The minimum absolute atomic E-state index is 0.571. The monoisotopic (exact) mass is 209 g/mol. The molecule has 1 unspecified atom stereocenters. The van der Waals surface area contributed by atoms with Crippen LogP contribution in [-0.2, 0) is 13.0 Å². The van der Waals surface area contributed by atoms with Crippen molar-refractivity contribution >= 4 is 0 Å². The van der Waals surface area contributed by atoms with Crippen molar-refractivity contribution in [3.63, 3.8) is 0 Å². The lowest BCUT2D eigenvalue weighted by Crippen LogP contribution is -2.26. The highest BCUT2D eigenvalue weighted by atomic mass is 15.5. The molecule has 0 aliphatic carbocycles. The zero-order chi connectivity index (χ0) is 10.7. The van der Waals surface area contributed by atoms with Crippen LogP contribution in [0.3, 0.4) is 0 Å². The average Bonchev–Trinajstić information content (AvgIpc) is 2.78. The van der Waals surface area contributed by atoms with E-state index in [4.69, 9.17) is 0 Å². The summed E-state index contributed by atoms with van der Waals surface area (Å²) in [6, 6.07) is 0.571. The quantitative estimate of drug-likeness (QED) is 0.790. The third-order valence-corrected chi connectivity index (χ3v) is 2.74. The van der Waals surface area contributed by atoms with Crippen molar-refractivity contribution in [2.75, 3.05) is 6.54 Å². The summed E-state index contributed by atoms with van der Waals surface area (Å²) < 4.78 is 1.94. The van der Waals surface area contributed by atoms with Crippen LogP contribution in [-0.4, -0.2) is 32.8 Å². The molecule has 0 radical (unpaired) electrons. The number of aromatic nitrogens is 4. The first-order valence-corrected chi connectivity index (χ1v) is 5.74. The van der Waals surface area contributed by atoms with Gasteiger partial charge >= 0.3 is 0 Å². The Bertz CT molecular complexity index is 301. The van der Waals surface area contributed by atoms with E-state index < -0.39 is 0 Å². The summed E-state index contributed by atoms with van der Waals surface area (Å²) in [7, 11) is 0. The molecule has 1 N–H and O–H groups in total. The van der Waals surface area contributed by atoms with E-state index in [2.05, 4.69) is 34.7 Å². The van der Waals surface area contributed by atoms with Crippen molar-refractivity contribution in [2.45, 2.75) is 45.7 Å². The molecule has 1 atom stereocenters. The summed E-state index contributed by atoms with van der Waals surface area (Å²) in [6.07, 6.45) is 3.48. The van der Waals surface area contributed by atoms with Crippen LogP contribution >= 0.6 is 0 Å². The first kappa shape index (κ1) is 10.5. The highest BCUT2D eigenvalue weighted by molar-refractivity contribution is 4.89. The van der Waals surface area contributed by atoms with Crippen molar-refractivity contribution in [3.05, 3.63) is 5.82 Å². The Morgan fingerprint density at radius 2 is 2.40 bits per heavy atom. The summed E-state index contributed by atoms with van der Waals surface area (Å²) in [6.45, 7) is 6.41. The highest BCUT2D eigenvalue weighted by Gasteiger charge is 2.18. The number of nitrogens with one attached hydrogen (secondary N) is 1. The fourth-order valence-corrected chi connectivity index (χ4v) is 2.01. The lowest BCUT2D eigenvalue weighted by atomic mass is 10.1. The van der Waals surface area contributed by atoms with Gasteiger partial charge in [0.1, 0.15) is 0 Å². The fraction of sp³-hybridized carbons (Fsp3) is 0.900. The summed E-state index contributed by atoms with van der Waals surface area (Å²) in [5.41, 5.74) is 0. The van der Waals surface area contributed by atoms with E-state index in [0.29, 0.717) is 12.0 Å². The van der Waals surface area contributed by atoms with Crippen molar-refractivity contribution < 1.29 is 0 Å². The number of rotatable bonds is 4. The predicted octanol–water partition coefficient (Wildman–Crippen LogP) is 0.624. The molecule has 1 aliphatic heterocycles. The Morgan fingerprint density at radius 3 is 3.07 bits per heavy atom. The molecule has 5 heteroatoms. The smallest absolute Gasteiger partial charge is 0.152 e. The normalized spacial score (nSPS) is 21.4. The zero-order valence-electron chi connectivity index (χ0n) is 9.48. The topological polar surface area (TPSA) is 55.6 Å². The van der Waals surface area contributed by atoms with Gasteiger partial charge in [-0.05, 0) is 35.7 Å². The minimum Gasteiger partial charge on any atom is -0.314 e. The second-order valence-corrected chi connectivity index (χ2v) is 4.67. The van der Waals surface area contributed by atoms with E-state index in [1.54, 1.807) is 0 Å². The molecule has 1 fully saturated rings. The second-order valence-electron chi connectivity index (χ2n) is 4.67. The predicted molar refractivity (Wildman–Crippen MR) is 57.4 cm³/mol. The van der Waals surface area contributed by atoms with Gasteiger partial charge in [-0.15, -0.1) is 5.10 Å². The molecule has 15 heavy (non-hydrogen) atoms.